The molecule has 0 radical (unpaired) electrons. The summed E-state index contributed by atoms with van der Waals surface area (Å²) in [6.07, 6.45) is 1.73. The Balaban J connectivity index is 2.11. The number of benzene rings is 1. The monoisotopic (exact) mass is 259 g/mol. The zero-order valence-electron chi connectivity index (χ0n) is 10.7. The van der Waals surface area contributed by atoms with Crippen molar-refractivity contribution in [3.05, 3.63) is 36.4 Å². The maximum absolute atomic E-state index is 11.6. The molecular weight excluding hydrogens is 245 g/mol. The van der Waals surface area contributed by atoms with Crippen LogP contribution < -0.4 is 5.46 Å². The van der Waals surface area contributed by atoms with Gasteiger partial charge in [-0.2, -0.15) is 0 Å². The van der Waals surface area contributed by atoms with Crippen molar-refractivity contribution in [2.45, 2.75) is 0 Å². The van der Waals surface area contributed by atoms with Gasteiger partial charge in [-0.05, 0) is 5.56 Å². The van der Waals surface area contributed by atoms with Gasteiger partial charge < -0.3 is 13.7 Å². The lowest BCUT2D eigenvalue weighted by Gasteiger charge is -2.40. The molecule has 0 N–H and O–H groups in total. The fourth-order valence-corrected chi connectivity index (χ4v) is 2.97. The van der Waals surface area contributed by atoms with E-state index in [0.717, 1.165) is 11.0 Å². The molecule has 2 fully saturated rings. The van der Waals surface area contributed by atoms with E-state index >= 15 is 0 Å². The van der Waals surface area contributed by atoms with Crippen LogP contribution in [0, 0.1) is 0 Å². The molecule has 98 valence electrons. The van der Waals surface area contributed by atoms with Crippen LogP contribution in [0.15, 0.2) is 30.8 Å². The minimum atomic E-state index is -2.10. The van der Waals surface area contributed by atoms with Crippen molar-refractivity contribution in [3.63, 3.8) is 0 Å². The third kappa shape index (κ3) is 1.53. The van der Waals surface area contributed by atoms with Crippen LogP contribution in [0.5, 0.6) is 0 Å². The summed E-state index contributed by atoms with van der Waals surface area (Å²) >= 11 is 0. The molecule has 0 unspecified atom stereocenters. The van der Waals surface area contributed by atoms with E-state index in [2.05, 4.69) is 6.58 Å². The zero-order chi connectivity index (χ0) is 13.7. The average Bonchev–Trinajstić information content (AvgIpc) is 2.74. The van der Waals surface area contributed by atoms with Gasteiger partial charge in [0.05, 0.1) is 0 Å². The molecule has 19 heavy (non-hydrogen) atoms. The topological polar surface area (TPSA) is 52.6 Å². The van der Waals surface area contributed by atoms with Crippen LogP contribution in [-0.2, 0) is 18.9 Å². The molecule has 3 rings (SSSR count). The Kier molecular flexibility index (Phi) is 2.34. The zero-order valence-corrected chi connectivity index (χ0v) is 10.7. The van der Waals surface area contributed by atoms with Crippen LogP contribution >= 0.6 is 0 Å². The second-order valence-corrected chi connectivity index (χ2v) is 5.32. The molecule has 0 aliphatic carbocycles. The van der Waals surface area contributed by atoms with Crippen molar-refractivity contribution in [3.8, 4) is 0 Å². The lowest BCUT2D eigenvalue weighted by Crippen LogP contribution is -2.67. The van der Waals surface area contributed by atoms with Crippen LogP contribution in [0.3, 0.4) is 0 Å². The van der Waals surface area contributed by atoms with E-state index in [-0.39, 0.29) is 29.4 Å². The van der Waals surface area contributed by atoms with Gasteiger partial charge in [-0.3, -0.25) is 9.59 Å². The summed E-state index contributed by atoms with van der Waals surface area (Å²) in [5.41, 5.74) is 1.68. The first-order chi connectivity index (χ1) is 8.99. The molecule has 0 atom stereocenters. The molecule has 1 aromatic rings. The Bertz CT molecular complexity index is 561. The molecule has 1 aromatic carbocycles. The largest absolute Gasteiger partial charge is 0.614 e. The van der Waals surface area contributed by atoms with Crippen molar-refractivity contribution in [1.29, 1.82) is 0 Å². The fraction of sp³-hybridized carbons (Fsp3) is 0.231. The van der Waals surface area contributed by atoms with Crippen LogP contribution in [0.1, 0.15) is 5.56 Å². The number of fused-ring (bicyclic) bond motifs is 1. The molecule has 5 nitrogen and oxygen atoms in total. The van der Waals surface area contributed by atoms with E-state index in [4.69, 9.17) is 9.31 Å². The second-order valence-electron chi connectivity index (χ2n) is 5.32. The number of nitrogens with zero attached hydrogens (tertiary/aromatic N) is 1. The normalized spacial score (nSPS) is 32.7. The van der Waals surface area contributed by atoms with E-state index in [9.17, 15) is 9.59 Å². The van der Waals surface area contributed by atoms with Crippen molar-refractivity contribution in [1.82, 2.24) is 0 Å². The molecular formula is C13H14BNO4. The Hall–Kier alpha value is -2.08. The van der Waals surface area contributed by atoms with Crippen molar-refractivity contribution in [2.75, 3.05) is 20.1 Å². The average molecular weight is 259 g/mol. The van der Waals surface area contributed by atoms with Gasteiger partial charge in [0.1, 0.15) is 13.1 Å². The summed E-state index contributed by atoms with van der Waals surface area (Å²) in [7, 11) is 1.82. The van der Waals surface area contributed by atoms with Crippen LogP contribution in [0.2, 0.25) is 0 Å². The first kappa shape index (κ1) is 12.0. The van der Waals surface area contributed by atoms with Gasteiger partial charge in [-0.15, -0.1) is 0 Å². The van der Waals surface area contributed by atoms with E-state index in [1.54, 1.807) is 6.08 Å². The van der Waals surface area contributed by atoms with Crippen molar-refractivity contribution < 1.29 is 23.3 Å². The first-order valence-corrected chi connectivity index (χ1v) is 6.14. The number of likely N-dealkylation sites (N-methyl/N-ethyl adjacent to an activating group) is 1. The molecule has 0 aromatic heterocycles. The predicted octanol–water partition coefficient (Wildman–Crippen LogP) is 0.0357. The van der Waals surface area contributed by atoms with Gasteiger partial charge in [-0.25, -0.2) is 0 Å². The number of hydrogen-bond acceptors (Lipinski definition) is 4. The van der Waals surface area contributed by atoms with Gasteiger partial charge in [-0.1, -0.05) is 42.4 Å². The molecule has 2 heterocycles. The number of carbonyl (C=O) groups is 2. The number of rotatable bonds is 2. The summed E-state index contributed by atoms with van der Waals surface area (Å²) < 4.78 is 11.0. The number of carbonyl (C=O) groups excluding carboxylic acids is 2. The molecule has 0 spiro atoms. The fourth-order valence-electron chi connectivity index (χ4n) is 2.97. The molecule has 6 heteroatoms. The highest BCUT2D eigenvalue weighted by Gasteiger charge is 2.65. The molecule has 0 saturated carbocycles. The molecule has 2 saturated heterocycles. The quantitative estimate of drug-likeness (QED) is 0.703. The minimum Gasteiger partial charge on any atom is -0.596 e. The van der Waals surface area contributed by atoms with Gasteiger partial charge in [0.2, 0.25) is 0 Å². The standard InChI is InChI=1S/C13H14BNO4/c1-3-10-4-6-11(7-5-10)14-15(2,8-12(16)18-14)9-13(17)19-14/h3-7H,1,8-9H2,2H3. The van der Waals surface area contributed by atoms with Gasteiger partial charge >= 0.3 is 18.6 Å². The SMILES string of the molecule is C=Cc1ccc([B-]23OC(=O)C[N+]2(C)CC(=O)O3)cc1. The summed E-state index contributed by atoms with van der Waals surface area (Å²) in [5, 5.41) is 0. The summed E-state index contributed by atoms with van der Waals surface area (Å²) in [4.78, 5) is 23.3. The maximum Gasteiger partial charge on any atom is 0.614 e. The minimum absolute atomic E-state index is 0.162. The van der Waals surface area contributed by atoms with E-state index in [1.165, 1.54) is 0 Å². The Morgan fingerprint density at radius 1 is 1.16 bits per heavy atom. The highest BCUT2D eigenvalue weighted by molar-refractivity contribution is 6.79. The third-order valence-corrected chi connectivity index (χ3v) is 3.98. The summed E-state index contributed by atoms with van der Waals surface area (Å²) in [6, 6.07) is 7.37. The highest BCUT2D eigenvalue weighted by atomic mass is 16.7. The maximum atomic E-state index is 11.6. The van der Waals surface area contributed by atoms with Crippen molar-refractivity contribution >= 4 is 30.2 Å². The van der Waals surface area contributed by atoms with Gasteiger partial charge in [0, 0.05) is 7.05 Å². The molecule has 2 aliphatic heterocycles. The van der Waals surface area contributed by atoms with E-state index < -0.39 is 6.69 Å². The predicted molar refractivity (Wildman–Crippen MR) is 70.0 cm³/mol. The van der Waals surface area contributed by atoms with E-state index in [1.807, 2.05) is 31.3 Å². The van der Waals surface area contributed by atoms with Crippen molar-refractivity contribution in [2.24, 2.45) is 0 Å². The van der Waals surface area contributed by atoms with E-state index in [0.29, 0.717) is 0 Å². The summed E-state index contributed by atoms with van der Waals surface area (Å²) in [6.45, 7) is 1.91. The first-order valence-electron chi connectivity index (χ1n) is 6.14. The Morgan fingerprint density at radius 3 is 2.16 bits per heavy atom. The van der Waals surface area contributed by atoms with Gasteiger partial charge in [0.15, 0.2) is 0 Å². The summed E-state index contributed by atoms with van der Waals surface area (Å²) in [5.74, 6) is -0.661. The van der Waals surface area contributed by atoms with Crippen LogP contribution in [0.25, 0.3) is 6.08 Å². The second kappa shape index (κ2) is 3.71. The van der Waals surface area contributed by atoms with Crippen LogP contribution in [0.4, 0.5) is 0 Å². The highest BCUT2D eigenvalue weighted by Crippen LogP contribution is 2.33. The number of quaternary nitrogens is 1. The molecule has 0 amide bonds. The molecule has 2 aliphatic rings. The molecule has 0 bridgehead atoms. The van der Waals surface area contributed by atoms with Crippen LogP contribution in [-0.4, -0.2) is 43.2 Å². The lowest BCUT2D eigenvalue weighted by molar-refractivity contribution is -0.791. The van der Waals surface area contributed by atoms with Gasteiger partial charge in [0.25, 0.3) is 0 Å². The Morgan fingerprint density at radius 2 is 1.68 bits per heavy atom. The Labute approximate surface area is 111 Å². The smallest absolute Gasteiger partial charge is 0.596 e. The third-order valence-electron chi connectivity index (χ3n) is 3.98. The number of hydrogen-bond donors (Lipinski definition) is 0. The lowest BCUT2D eigenvalue weighted by atomic mass is 9.61.